The number of alkyl halides is 3. The van der Waals surface area contributed by atoms with E-state index in [1.165, 1.54) is 0 Å². The number of hydrogen-bond acceptors (Lipinski definition) is 6. The highest BCUT2D eigenvalue weighted by atomic mass is 32.2. The number of rotatable bonds is 1. The standard InChI is InChI=1S/C9H12O3S.C5H5F3N4/c1-6-4-7(2)9(8(3)5-6)13(10,11)12;6-5(7,8)3-1-4(9)12(10)2-11-3/h4-5H,1-3H3,(H,10,11,12);1-2,9H,10H2. The molecule has 0 aliphatic heterocycles. The molecule has 25 heavy (non-hydrogen) atoms. The van der Waals surface area contributed by atoms with E-state index in [1.807, 2.05) is 6.92 Å². The van der Waals surface area contributed by atoms with Gasteiger partial charge in [-0.2, -0.15) is 13.2 Å². The third kappa shape index (κ3) is 5.57. The van der Waals surface area contributed by atoms with Crippen LogP contribution in [0.15, 0.2) is 29.4 Å². The number of benzene rings is 1. The van der Waals surface area contributed by atoms with E-state index in [-0.39, 0.29) is 10.7 Å². The van der Waals surface area contributed by atoms with Crippen molar-refractivity contribution in [3.8, 4) is 0 Å². The number of aromatic nitrogens is 2. The Morgan fingerprint density at radius 3 is 1.96 bits per heavy atom. The van der Waals surface area contributed by atoms with Crippen LogP contribution in [0.5, 0.6) is 0 Å². The largest absolute Gasteiger partial charge is 0.744 e. The first-order valence-electron chi connectivity index (χ1n) is 6.76. The minimum atomic E-state index is -4.48. The van der Waals surface area contributed by atoms with Crippen LogP contribution in [0.2, 0.25) is 0 Å². The van der Waals surface area contributed by atoms with Crippen molar-refractivity contribution >= 4 is 15.9 Å². The lowest BCUT2D eigenvalue weighted by Gasteiger charge is -2.14. The second kappa shape index (κ2) is 7.23. The summed E-state index contributed by atoms with van der Waals surface area (Å²) in [6.07, 6.45) is -3.68. The molecule has 0 unspecified atom stereocenters. The second-order valence-electron chi connectivity index (χ2n) is 5.29. The van der Waals surface area contributed by atoms with Crippen molar-refractivity contribution in [3.05, 3.63) is 46.9 Å². The van der Waals surface area contributed by atoms with Gasteiger partial charge < -0.3 is 10.3 Å². The zero-order valence-corrected chi connectivity index (χ0v) is 14.4. The molecule has 1 aromatic heterocycles. The zero-order valence-electron chi connectivity index (χ0n) is 13.6. The summed E-state index contributed by atoms with van der Waals surface area (Å²) in [6.45, 7) is 5.12. The van der Waals surface area contributed by atoms with Crippen molar-refractivity contribution in [2.75, 3.05) is 11.6 Å². The fourth-order valence-electron chi connectivity index (χ4n) is 2.16. The Bertz CT molecular complexity index is 860. The monoisotopic (exact) mass is 378 g/mol. The van der Waals surface area contributed by atoms with E-state index in [4.69, 9.17) is 11.6 Å². The highest BCUT2D eigenvalue weighted by Crippen LogP contribution is 2.27. The molecule has 0 atom stereocenters. The normalized spacial score (nSPS) is 11.6. The van der Waals surface area contributed by atoms with Gasteiger partial charge in [0.05, 0.1) is 11.0 Å². The van der Waals surface area contributed by atoms with Crippen LogP contribution >= 0.6 is 0 Å². The first-order chi connectivity index (χ1) is 11.2. The Balaban J connectivity index is 0.000000251. The molecule has 138 valence electrons. The van der Waals surface area contributed by atoms with Crippen LogP contribution in [0.1, 0.15) is 22.4 Å². The van der Waals surface area contributed by atoms with Crippen LogP contribution < -0.4 is 16.3 Å². The van der Waals surface area contributed by atoms with Crippen LogP contribution in [0.25, 0.3) is 0 Å². The first-order valence-corrected chi connectivity index (χ1v) is 8.17. The lowest BCUT2D eigenvalue weighted by Crippen LogP contribution is -2.47. The van der Waals surface area contributed by atoms with Crippen LogP contribution in [0.3, 0.4) is 0 Å². The molecule has 4 N–H and O–H groups in total. The number of aryl methyl sites for hydroxylation is 3. The molecular weight excluding hydrogens is 361 g/mol. The van der Waals surface area contributed by atoms with Gasteiger partial charge in [-0.05, 0) is 31.9 Å². The fraction of sp³-hybridized carbons (Fsp3) is 0.286. The highest BCUT2D eigenvalue weighted by molar-refractivity contribution is 7.85. The molecule has 2 aromatic rings. The van der Waals surface area contributed by atoms with Gasteiger partial charge in [0.15, 0.2) is 0 Å². The number of nitrogens with two attached hydrogens (primary N) is 2. The molecule has 1 aromatic carbocycles. The molecule has 0 bridgehead atoms. The Morgan fingerprint density at radius 2 is 1.60 bits per heavy atom. The Morgan fingerprint density at radius 1 is 1.12 bits per heavy atom. The molecule has 2 rings (SSSR count). The van der Waals surface area contributed by atoms with Crippen LogP contribution in [0, 0.1) is 20.8 Å². The van der Waals surface area contributed by atoms with E-state index in [0.717, 1.165) is 16.6 Å². The Labute approximate surface area is 142 Å². The van der Waals surface area contributed by atoms with Crippen molar-refractivity contribution in [1.29, 1.82) is 0 Å². The van der Waals surface area contributed by atoms with Gasteiger partial charge in [-0.15, -0.1) is 9.66 Å². The van der Waals surface area contributed by atoms with Crippen molar-refractivity contribution in [2.24, 2.45) is 0 Å². The summed E-state index contributed by atoms with van der Waals surface area (Å²) < 4.78 is 69.1. The van der Waals surface area contributed by atoms with Gasteiger partial charge in [0.1, 0.15) is 10.1 Å². The van der Waals surface area contributed by atoms with Crippen LogP contribution in [-0.4, -0.2) is 18.0 Å². The van der Waals surface area contributed by atoms with E-state index in [0.29, 0.717) is 17.2 Å². The molecule has 0 fully saturated rings. The number of anilines is 1. The first kappa shape index (κ1) is 20.6. The molecule has 0 saturated carbocycles. The molecule has 0 aliphatic carbocycles. The van der Waals surface area contributed by atoms with E-state index in [1.54, 1.807) is 26.0 Å². The Hall–Kier alpha value is -2.40. The van der Waals surface area contributed by atoms with Gasteiger partial charge in [-0.3, -0.25) is 5.84 Å². The van der Waals surface area contributed by atoms with Crippen molar-refractivity contribution in [2.45, 2.75) is 31.8 Å². The minimum Gasteiger partial charge on any atom is -0.744 e. The van der Waals surface area contributed by atoms with Crippen LogP contribution in [-0.2, 0) is 16.3 Å². The molecule has 1 heterocycles. The van der Waals surface area contributed by atoms with E-state index in [9.17, 15) is 26.1 Å². The second-order valence-corrected chi connectivity index (χ2v) is 6.60. The summed E-state index contributed by atoms with van der Waals surface area (Å²) in [5.74, 6) is 4.90. The van der Waals surface area contributed by atoms with Gasteiger partial charge in [-0.25, -0.2) is 8.42 Å². The highest BCUT2D eigenvalue weighted by Gasteiger charge is 2.36. The predicted octanol–water partition coefficient (Wildman–Crippen LogP) is 1.20. The summed E-state index contributed by atoms with van der Waals surface area (Å²) in [4.78, 5) is 2.96. The minimum absolute atomic E-state index is 0.0851. The van der Waals surface area contributed by atoms with Gasteiger partial charge in [-0.1, -0.05) is 17.7 Å². The van der Waals surface area contributed by atoms with Gasteiger partial charge in [0.25, 0.3) is 0 Å². The number of hydrogen-bond donors (Lipinski definition) is 2. The van der Waals surface area contributed by atoms with Gasteiger partial charge in [0.2, 0.25) is 17.8 Å². The summed E-state index contributed by atoms with van der Waals surface area (Å²) in [5, 5.41) is 0. The topological polar surface area (TPSA) is 126 Å². The summed E-state index contributed by atoms with van der Waals surface area (Å²) in [7, 11) is -4.33. The molecule has 11 heteroatoms. The van der Waals surface area contributed by atoms with E-state index in [2.05, 4.69) is 4.98 Å². The summed E-state index contributed by atoms with van der Waals surface area (Å²) in [5.41, 5.74) is 6.06. The average Bonchev–Trinajstić information content (AvgIpc) is 2.38. The molecule has 0 saturated heterocycles. The third-order valence-electron chi connectivity index (χ3n) is 3.05. The smallest absolute Gasteiger partial charge is 0.449 e. The molecule has 0 aliphatic rings. The number of halogens is 3. The zero-order chi connectivity index (χ0) is 19.6. The van der Waals surface area contributed by atoms with E-state index >= 15 is 0 Å². The van der Waals surface area contributed by atoms with Crippen molar-refractivity contribution in [1.82, 2.24) is 4.98 Å². The summed E-state index contributed by atoms with van der Waals surface area (Å²) >= 11 is 0. The number of nitrogens with zero attached hydrogens (tertiary/aromatic N) is 2. The van der Waals surface area contributed by atoms with Gasteiger partial charge >= 0.3 is 6.18 Å². The maximum absolute atomic E-state index is 11.9. The molecule has 0 amide bonds. The number of nitrogen functional groups attached to an aromatic ring is 2. The maximum Gasteiger partial charge on any atom is 0.449 e. The SMILES string of the molecule is Cc1cc(C)c(S(=O)(=O)[O-])c(C)c1.Nc1cc(C(F)(F)F)nc[n+]1N. The average molecular weight is 378 g/mol. The quantitative estimate of drug-likeness (QED) is 0.436. The fourth-order valence-corrected chi connectivity index (χ4v) is 3.07. The molecule has 0 spiro atoms. The van der Waals surface area contributed by atoms with Gasteiger partial charge in [0, 0.05) is 0 Å². The van der Waals surface area contributed by atoms with E-state index < -0.39 is 22.0 Å². The molecule has 0 radical (unpaired) electrons. The lowest BCUT2D eigenvalue weighted by atomic mass is 10.1. The van der Waals surface area contributed by atoms with Crippen molar-refractivity contribution in [3.63, 3.8) is 0 Å². The predicted molar refractivity (Wildman–Crippen MR) is 82.6 cm³/mol. The summed E-state index contributed by atoms with van der Waals surface area (Å²) in [6, 6.07) is 4.05. The maximum atomic E-state index is 11.9. The van der Waals surface area contributed by atoms with Crippen molar-refractivity contribution < 1.29 is 30.8 Å². The third-order valence-corrected chi connectivity index (χ3v) is 4.19. The van der Waals surface area contributed by atoms with Crippen LogP contribution in [0.4, 0.5) is 19.0 Å². The molecule has 7 nitrogen and oxygen atoms in total. The lowest BCUT2D eigenvalue weighted by molar-refractivity contribution is -0.627. The Kier molecular flexibility index (Phi) is 5.97. The molecular formula is C14H17F3N4O3S.